The van der Waals surface area contributed by atoms with Gasteiger partial charge in [0, 0.05) is 31.1 Å². The number of carbonyl (C=O) groups is 1. The first kappa shape index (κ1) is 19.9. The van der Waals surface area contributed by atoms with Crippen LogP contribution >= 0.6 is 0 Å². The number of guanidine groups is 1. The number of nitrogens with zero attached hydrogens (tertiary/aromatic N) is 1. The van der Waals surface area contributed by atoms with Crippen molar-refractivity contribution in [2.45, 2.75) is 39.0 Å². The Kier molecular flexibility index (Phi) is 7.06. The molecule has 3 N–H and O–H groups in total. The minimum absolute atomic E-state index is 0.0624. The second-order valence-corrected chi connectivity index (χ2v) is 7.10. The van der Waals surface area contributed by atoms with Gasteiger partial charge in [-0.1, -0.05) is 49.4 Å². The average Bonchev–Trinajstić information content (AvgIpc) is 2.72. The van der Waals surface area contributed by atoms with Gasteiger partial charge in [-0.25, -0.2) is 0 Å². The van der Waals surface area contributed by atoms with E-state index in [4.69, 9.17) is 4.99 Å². The van der Waals surface area contributed by atoms with Gasteiger partial charge in [-0.05, 0) is 42.5 Å². The molecule has 2 aromatic carbocycles. The van der Waals surface area contributed by atoms with E-state index >= 15 is 0 Å². The summed E-state index contributed by atoms with van der Waals surface area (Å²) in [6, 6.07) is 16.8. The fourth-order valence-electron chi connectivity index (χ4n) is 3.47. The summed E-state index contributed by atoms with van der Waals surface area (Å²) in [6.07, 6.45) is 2.49. The second-order valence-electron chi connectivity index (χ2n) is 7.10. The van der Waals surface area contributed by atoms with Gasteiger partial charge >= 0.3 is 0 Å². The Labute approximate surface area is 167 Å². The largest absolute Gasteiger partial charge is 0.357 e. The first-order chi connectivity index (χ1) is 13.7. The van der Waals surface area contributed by atoms with E-state index in [-0.39, 0.29) is 11.8 Å². The first-order valence-electron chi connectivity index (χ1n) is 10.2. The molecule has 0 aromatic heterocycles. The third-order valence-electron chi connectivity index (χ3n) is 5.06. The lowest BCUT2D eigenvalue weighted by Gasteiger charge is -2.24. The predicted octanol–water partition coefficient (Wildman–Crippen LogP) is 3.47. The van der Waals surface area contributed by atoms with Gasteiger partial charge in [-0.2, -0.15) is 0 Å². The normalized spacial score (nSPS) is 16.3. The number of nitrogens with one attached hydrogen (secondary N) is 3. The number of aryl methyl sites for hydroxylation is 1. The van der Waals surface area contributed by atoms with Crippen molar-refractivity contribution in [3.05, 3.63) is 65.2 Å². The summed E-state index contributed by atoms with van der Waals surface area (Å²) in [6.45, 7) is 6.44. The van der Waals surface area contributed by atoms with E-state index in [0.717, 1.165) is 43.1 Å². The van der Waals surface area contributed by atoms with Crippen LogP contribution in [0.15, 0.2) is 53.5 Å². The molecule has 0 saturated carbocycles. The van der Waals surface area contributed by atoms with Gasteiger partial charge in [0.2, 0.25) is 5.91 Å². The summed E-state index contributed by atoms with van der Waals surface area (Å²) >= 11 is 0. The molecule has 0 spiro atoms. The van der Waals surface area contributed by atoms with Crippen molar-refractivity contribution in [3.8, 4) is 0 Å². The standard InChI is InChI=1S/C23H30N4O/c1-3-17-9-11-18(12-10-17)13-14-25-23(24-4-2)26-16-19-15-22(28)27-21-8-6-5-7-20(19)21/h5-12,19H,3-4,13-16H2,1-2H3,(H,27,28)(H2,24,25,26). The molecule has 0 saturated heterocycles. The van der Waals surface area contributed by atoms with Gasteiger partial charge in [0.25, 0.3) is 0 Å². The number of benzene rings is 2. The van der Waals surface area contributed by atoms with E-state index < -0.39 is 0 Å². The molecule has 1 amide bonds. The molecule has 3 rings (SSSR count). The maximum Gasteiger partial charge on any atom is 0.225 e. The Bertz CT molecular complexity index is 814. The lowest BCUT2D eigenvalue weighted by molar-refractivity contribution is -0.116. The van der Waals surface area contributed by atoms with Crippen LogP contribution in [0.25, 0.3) is 0 Å². The molecule has 1 aliphatic heterocycles. The zero-order valence-electron chi connectivity index (χ0n) is 16.8. The van der Waals surface area contributed by atoms with Gasteiger partial charge in [-0.3, -0.25) is 9.79 Å². The molecule has 2 aromatic rings. The van der Waals surface area contributed by atoms with E-state index in [2.05, 4.69) is 60.1 Å². The molecular weight excluding hydrogens is 348 g/mol. The molecule has 0 radical (unpaired) electrons. The number of aliphatic imine (C=N–C) groups is 1. The van der Waals surface area contributed by atoms with Crippen LogP contribution in [0.2, 0.25) is 0 Å². The van der Waals surface area contributed by atoms with Crippen molar-refractivity contribution in [2.24, 2.45) is 4.99 Å². The van der Waals surface area contributed by atoms with Crippen LogP contribution in [0.5, 0.6) is 0 Å². The third kappa shape index (κ3) is 5.35. The maximum atomic E-state index is 12.0. The maximum absolute atomic E-state index is 12.0. The van der Waals surface area contributed by atoms with Crippen LogP contribution in [0, 0.1) is 0 Å². The highest BCUT2D eigenvalue weighted by Crippen LogP contribution is 2.31. The van der Waals surface area contributed by atoms with E-state index in [1.807, 2.05) is 18.2 Å². The van der Waals surface area contributed by atoms with Crippen molar-refractivity contribution in [3.63, 3.8) is 0 Å². The summed E-state index contributed by atoms with van der Waals surface area (Å²) in [7, 11) is 0. The number of hydrogen-bond acceptors (Lipinski definition) is 2. The van der Waals surface area contributed by atoms with Crippen LogP contribution in [-0.2, 0) is 17.6 Å². The van der Waals surface area contributed by atoms with Gasteiger partial charge in [0.05, 0.1) is 6.54 Å². The van der Waals surface area contributed by atoms with E-state index in [1.54, 1.807) is 0 Å². The number of hydrogen-bond donors (Lipinski definition) is 3. The minimum Gasteiger partial charge on any atom is -0.357 e. The molecule has 5 nitrogen and oxygen atoms in total. The number of amides is 1. The quantitative estimate of drug-likeness (QED) is 0.511. The smallest absolute Gasteiger partial charge is 0.225 e. The van der Waals surface area contributed by atoms with Crippen molar-refractivity contribution in [1.29, 1.82) is 0 Å². The summed E-state index contributed by atoms with van der Waals surface area (Å²) in [5.41, 5.74) is 4.76. The van der Waals surface area contributed by atoms with Crippen molar-refractivity contribution < 1.29 is 4.79 Å². The number of rotatable bonds is 7. The molecule has 28 heavy (non-hydrogen) atoms. The van der Waals surface area contributed by atoms with Crippen LogP contribution in [0.3, 0.4) is 0 Å². The Morgan fingerprint density at radius 1 is 1.07 bits per heavy atom. The zero-order valence-corrected chi connectivity index (χ0v) is 16.8. The van der Waals surface area contributed by atoms with Crippen molar-refractivity contribution >= 4 is 17.6 Å². The van der Waals surface area contributed by atoms with Crippen LogP contribution in [0.1, 0.15) is 42.9 Å². The van der Waals surface area contributed by atoms with Gasteiger partial charge in [0.15, 0.2) is 5.96 Å². The van der Waals surface area contributed by atoms with Gasteiger partial charge < -0.3 is 16.0 Å². The van der Waals surface area contributed by atoms with Crippen LogP contribution in [0.4, 0.5) is 5.69 Å². The SMILES string of the molecule is CCNC(=NCC1CC(=O)Nc2ccccc21)NCCc1ccc(CC)cc1. The minimum atomic E-state index is 0.0624. The fourth-order valence-corrected chi connectivity index (χ4v) is 3.47. The molecule has 5 heteroatoms. The Morgan fingerprint density at radius 2 is 1.82 bits per heavy atom. The molecule has 0 fully saturated rings. The number of para-hydroxylation sites is 1. The zero-order chi connectivity index (χ0) is 19.8. The summed E-state index contributed by atoms with van der Waals surface area (Å²) in [5, 5.41) is 9.66. The molecule has 0 bridgehead atoms. The molecule has 148 valence electrons. The fraction of sp³-hybridized carbons (Fsp3) is 0.391. The second kappa shape index (κ2) is 9.93. The summed E-state index contributed by atoms with van der Waals surface area (Å²) in [4.78, 5) is 16.7. The topological polar surface area (TPSA) is 65.5 Å². The molecule has 1 heterocycles. The summed E-state index contributed by atoms with van der Waals surface area (Å²) < 4.78 is 0. The monoisotopic (exact) mass is 378 g/mol. The van der Waals surface area contributed by atoms with E-state index in [1.165, 1.54) is 11.1 Å². The molecule has 0 aliphatic carbocycles. The van der Waals surface area contributed by atoms with E-state index in [0.29, 0.717) is 13.0 Å². The Morgan fingerprint density at radius 3 is 2.57 bits per heavy atom. The molecule has 1 aliphatic rings. The molecule has 1 atom stereocenters. The predicted molar refractivity (Wildman–Crippen MR) is 116 cm³/mol. The Hall–Kier alpha value is -2.82. The lowest BCUT2D eigenvalue weighted by Crippen LogP contribution is -2.38. The van der Waals surface area contributed by atoms with Crippen molar-refractivity contribution in [1.82, 2.24) is 10.6 Å². The van der Waals surface area contributed by atoms with Crippen LogP contribution < -0.4 is 16.0 Å². The Balaban J connectivity index is 1.58. The number of carbonyl (C=O) groups excluding carboxylic acids is 1. The third-order valence-corrected chi connectivity index (χ3v) is 5.06. The number of fused-ring (bicyclic) bond motifs is 1. The van der Waals surface area contributed by atoms with E-state index in [9.17, 15) is 4.79 Å². The first-order valence-corrected chi connectivity index (χ1v) is 10.2. The molecule has 1 unspecified atom stereocenters. The van der Waals surface area contributed by atoms with Gasteiger partial charge in [-0.15, -0.1) is 0 Å². The highest BCUT2D eigenvalue weighted by atomic mass is 16.1. The highest BCUT2D eigenvalue weighted by Gasteiger charge is 2.24. The lowest BCUT2D eigenvalue weighted by atomic mass is 9.91. The highest BCUT2D eigenvalue weighted by molar-refractivity contribution is 5.94. The van der Waals surface area contributed by atoms with Crippen molar-refractivity contribution in [2.75, 3.05) is 25.0 Å². The molecular formula is C23H30N4O. The summed E-state index contributed by atoms with van der Waals surface area (Å²) in [5.74, 6) is 0.977. The van der Waals surface area contributed by atoms with Gasteiger partial charge in [0.1, 0.15) is 0 Å². The van der Waals surface area contributed by atoms with Crippen LogP contribution in [-0.4, -0.2) is 31.5 Å². The average molecular weight is 379 g/mol. The number of anilines is 1.